The first kappa shape index (κ1) is 31.7. The van der Waals surface area contributed by atoms with Crippen LogP contribution in [-0.2, 0) is 21.4 Å². The number of hydrogen-bond donors (Lipinski definition) is 2. The molecule has 238 valence electrons. The summed E-state index contributed by atoms with van der Waals surface area (Å²) in [5, 5.41) is 11.4. The van der Waals surface area contributed by atoms with Crippen LogP contribution in [0.5, 0.6) is 0 Å². The molecule has 0 aliphatic heterocycles. The van der Waals surface area contributed by atoms with Gasteiger partial charge in [-0.2, -0.15) is 5.10 Å². The van der Waals surface area contributed by atoms with Crippen LogP contribution in [-0.4, -0.2) is 63.6 Å². The normalized spacial score (nSPS) is 11.8. The summed E-state index contributed by atoms with van der Waals surface area (Å²) in [6.45, 7) is 1.19. The van der Waals surface area contributed by atoms with Gasteiger partial charge in [-0.15, -0.1) is 0 Å². The average molecular weight is 667 g/mol. The summed E-state index contributed by atoms with van der Waals surface area (Å²) in [4.78, 5) is 23.3. The van der Waals surface area contributed by atoms with Crippen LogP contribution in [0.2, 0.25) is 5.02 Å². The zero-order chi connectivity index (χ0) is 33.0. The third kappa shape index (κ3) is 7.25. The molecule has 0 bridgehead atoms. The molecule has 3 aromatic heterocycles. The molecular formula is C34H31ClN8O3S. The first-order valence-electron chi connectivity index (χ1n) is 14.6. The Balaban J connectivity index is 1.18. The molecule has 13 heteroatoms. The van der Waals surface area contributed by atoms with E-state index in [0.29, 0.717) is 46.6 Å². The zero-order valence-corrected chi connectivity index (χ0v) is 27.2. The topological polar surface area (TPSA) is 127 Å². The Morgan fingerprint density at radius 2 is 1.68 bits per heavy atom. The number of aromatic nitrogens is 5. The van der Waals surface area contributed by atoms with E-state index in [1.807, 2.05) is 61.6 Å². The number of rotatable bonds is 11. The molecule has 11 nitrogen and oxygen atoms in total. The van der Waals surface area contributed by atoms with Gasteiger partial charge in [0.1, 0.15) is 0 Å². The van der Waals surface area contributed by atoms with Crippen molar-refractivity contribution in [2.24, 2.45) is 0 Å². The third-order valence-corrected chi connectivity index (χ3v) is 9.14. The largest absolute Gasteiger partial charge is 0.323 e. The highest BCUT2D eigenvalue weighted by Gasteiger charge is 2.23. The van der Waals surface area contributed by atoms with Gasteiger partial charge in [0.15, 0.2) is 0 Å². The molecule has 0 spiro atoms. The second-order valence-corrected chi connectivity index (χ2v) is 13.2. The summed E-state index contributed by atoms with van der Waals surface area (Å²) >= 11 is 6.59. The molecule has 0 aliphatic rings. The molecule has 0 aliphatic carbocycles. The lowest BCUT2D eigenvalue weighted by atomic mass is 10.1. The van der Waals surface area contributed by atoms with Crippen LogP contribution in [0, 0.1) is 0 Å². The summed E-state index contributed by atoms with van der Waals surface area (Å²) in [6, 6.07) is 23.0. The second-order valence-electron chi connectivity index (χ2n) is 11.0. The summed E-state index contributed by atoms with van der Waals surface area (Å²) in [7, 11) is -0.00471. The van der Waals surface area contributed by atoms with Gasteiger partial charge in [-0.3, -0.25) is 9.48 Å². The van der Waals surface area contributed by atoms with Crippen LogP contribution >= 0.6 is 11.6 Å². The van der Waals surface area contributed by atoms with Crippen LogP contribution < -0.4 is 10.6 Å². The molecule has 3 aromatic carbocycles. The first-order chi connectivity index (χ1) is 22.7. The molecule has 6 rings (SSSR count). The summed E-state index contributed by atoms with van der Waals surface area (Å²) in [5.74, 6) is 0.0874. The molecule has 0 saturated heterocycles. The van der Waals surface area contributed by atoms with Crippen LogP contribution in [0.25, 0.3) is 22.2 Å². The van der Waals surface area contributed by atoms with Gasteiger partial charge in [0.2, 0.25) is 11.9 Å². The molecule has 0 atom stereocenters. The molecule has 0 fully saturated rings. The minimum absolute atomic E-state index is 0.173. The second kappa shape index (κ2) is 13.6. The number of nitrogens with zero attached hydrogens (tertiary/aromatic N) is 6. The number of anilines is 3. The number of fused-ring (bicyclic) bond motifs is 1. The Labute approximate surface area is 277 Å². The van der Waals surface area contributed by atoms with E-state index in [0.717, 1.165) is 5.56 Å². The maximum absolute atomic E-state index is 13.6. The molecule has 3 heterocycles. The molecule has 0 unspecified atom stereocenters. The zero-order valence-electron chi connectivity index (χ0n) is 25.6. The summed E-state index contributed by atoms with van der Waals surface area (Å²) < 4.78 is 30.2. The SMILES string of the molecule is CN(C)C/C=C/C(=O)Nc1ccc(Cn2cc(Nc3ncc(Cl)c(-c4cn(S(=O)(=O)c5ccccc5)c5ccccc45)n3)cn2)cc1. The van der Waals surface area contributed by atoms with Gasteiger partial charge in [-0.25, -0.2) is 22.4 Å². The van der Waals surface area contributed by atoms with Crippen molar-refractivity contribution in [3.8, 4) is 11.3 Å². The van der Waals surface area contributed by atoms with Crippen molar-refractivity contribution < 1.29 is 13.2 Å². The fourth-order valence-corrected chi connectivity index (χ4v) is 6.52. The average Bonchev–Trinajstić information content (AvgIpc) is 3.68. The van der Waals surface area contributed by atoms with Crippen molar-refractivity contribution in [2.45, 2.75) is 11.4 Å². The number of amides is 1. The number of para-hydroxylation sites is 1. The van der Waals surface area contributed by atoms with Crippen molar-refractivity contribution in [2.75, 3.05) is 31.3 Å². The molecular weight excluding hydrogens is 636 g/mol. The number of carbonyl (C=O) groups excluding carboxylic acids is 1. The summed E-state index contributed by atoms with van der Waals surface area (Å²) in [6.07, 6.45) is 9.83. The van der Waals surface area contributed by atoms with Crippen molar-refractivity contribution in [3.63, 3.8) is 0 Å². The van der Waals surface area contributed by atoms with E-state index in [4.69, 9.17) is 11.6 Å². The van der Waals surface area contributed by atoms with E-state index < -0.39 is 10.0 Å². The minimum atomic E-state index is -3.88. The molecule has 47 heavy (non-hydrogen) atoms. The van der Waals surface area contributed by atoms with Gasteiger partial charge in [-0.05, 0) is 50.0 Å². The quantitative estimate of drug-likeness (QED) is 0.161. The molecule has 1 amide bonds. The Bertz CT molecular complexity index is 2180. The van der Waals surface area contributed by atoms with Gasteiger partial charge >= 0.3 is 0 Å². The Morgan fingerprint density at radius 1 is 0.936 bits per heavy atom. The fraction of sp³-hybridized carbons (Fsp3) is 0.118. The van der Waals surface area contributed by atoms with Gasteiger partial charge in [0.05, 0.1) is 45.8 Å². The predicted octanol–water partition coefficient (Wildman–Crippen LogP) is 6.03. The van der Waals surface area contributed by atoms with E-state index in [2.05, 4.69) is 25.7 Å². The molecule has 0 saturated carbocycles. The molecule has 6 aromatic rings. The van der Waals surface area contributed by atoms with Gasteiger partial charge in [-0.1, -0.05) is 66.2 Å². The van der Waals surface area contributed by atoms with Crippen molar-refractivity contribution in [1.29, 1.82) is 0 Å². The number of likely N-dealkylation sites (N-methyl/N-ethyl adjacent to an activating group) is 1. The van der Waals surface area contributed by atoms with Crippen LogP contribution in [0.4, 0.5) is 17.3 Å². The number of benzene rings is 3. The lowest BCUT2D eigenvalue weighted by molar-refractivity contribution is -0.111. The predicted molar refractivity (Wildman–Crippen MR) is 184 cm³/mol. The van der Waals surface area contributed by atoms with E-state index >= 15 is 0 Å². The molecule has 2 N–H and O–H groups in total. The highest BCUT2D eigenvalue weighted by atomic mass is 35.5. The Kier molecular flexibility index (Phi) is 9.16. The van der Waals surface area contributed by atoms with E-state index in [-0.39, 0.29) is 21.8 Å². The van der Waals surface area contributed by atoms with Crippen LogP contribution in [0.15, 0.2) is 121 Å². The number of carbonyl (C=O) groups is 1. The van der Waals surface area contributed by atoms with Crippen molar-refractivity contribution in [3.05, 3.63) is 126 Å². The van der Waals surface area contributed by atoms with Gasteiger partial charge in [0.25, 0.3) is 10.0 Å². The standard InChI is InChI=1S/C34H31ClN8O3S/c1-41(2)18-8-13-32(44)38-25-16-14-24(15-17-25)21-42-22-26(19-37-42)39-34-36-20-30(35)33(40-34)29-23-43(31-12-7-6-11-28(29)31)47(45,46)27-9-4-3-5-10-27/h3-17,19-20,22-23H,18,21H2,1-2H3,(H,38,44)(H,36,39,40)/b13-8+. The maximum atomic E-state index is 13.6. The lowest BCUT2D eigenvalue weighted by Gasteiger charge is -2.07. The molecule has 0 radical (unpaired) electrons. The number of halogens is 1. The third-order valence-electron chi connectivity index (χ3n) is 7.17. The first-order valence-corrected chi connectivity index (χ1v) is 16.4. The Hall–Kier alpha value is -5.30. The van der Waals surface area contributed by atoms with E-state index in [1.54, 1.807) is 65.6 Å². The summed E-state index contributed by atoms with van der Waals surface area (Å²) in [5.41, 5.74) is 3.79. The lowest BCUT2D eigenvalue weighted by Crippen LogP contribution is -2.12. The van der Waals surface area contributed by atoms with E-state index in [9.17, 15) is 13.2 Å². The number of nitrogens with one attached hydrogen (secondary N) is 2. The van der Waals surface area contributed by atoms with Crippen molar-refractivity contribution in [1.82, 2.24) is 28.6 Å². The smallest absolute Gasteiger partial charge is 0.268 e. The highest BCUT2D eigenvalue weighted by molar-refractivity contribution is 7.90. The van der Waals surface area contributed by atoms with Crippen LogP contribution in [0.3, 0.4) is 0 Å². The maximum Gasteiger partial charge on any atom is 0.268 e. The van der Waals surface area contributed by atoms with Crippen LogP contribution in [0.1, 0.15) is 5.56 Å². The van der Waals surface area contributed by atoms with Gasteiger partial charge in [0, 0.05) is 41.7 Å². The Morgan fingerprint density at radius 3 is 2.45 bits per heavy atom. The van der Waals surface area contributed by atoms with Crippen molar-refractivity contribution >= 4 is 55.8 Å². The van der Waals surface area contributed by atoms with E-state index in [1.165, 1.54) is 16.2 Å². The van der Waals surface area contributed by atoms with Gasteiger partial charge < -0.3 is 15.5 Å². The monoisotopic (exact) mass is 666 g/mol. The number of hydrogen-bond acceptors (Lipinski definition) is 8. The minimum Gasteiger partial charge on any atom is -0.323 e. The highest BCUT2D eigenvalue weighted by Crippen LogP contribution is 2.36. The fourth-order valence-electron chi connectivity index (χ4n) is 4.94.